The Morgan fingerprint density at radius 1 is 1.32 bits per heavy atom. The van der Waals surface area contributed by atoms with Crippen molar-refractivity contribution in [2.75, 3.05) is 11.9 Å². The van der Waals surface area contributed by atoms with Crippen LogP contribution in [-0.2, 0) is 12.8 Å². The lowest BCUT2D eigenvalue weighted by atomic mass is 9.80. The van der Waals surface area contributed by atoms with E-state index in [1.54, 1.807) is 0 Å². The molecule has 2 aliphatic carbocycles. The summed E-state index contributed by atoms with van der Waals surface area (Å²) in [6, 6.07) is 4.18. The summed E-state index contributed by atoms with van der Waals surface area (Å²) in [5, 5.41) is 22.5. The lowest BCUT2D eigenvalue weighted by Gasteiger charge is -2.36. The second kappa shape index (κ2) is 4.82. The van der Waals surface area contributed by atoms with Crippen LogP contribution >= 0.6 is 0 Å². The van der Waals surface area contributed by atoms with Gasteiger partial charge in [0.05, 0.1) is 11.2 Å². The summed E-state index contributed by atoms with van der Waals surface area (Å²) >= 11 is 0. The molecule has 0 saturated heterocycles. The minimum absolute atomic E-state index is 0.494. The normalized spacial score (nSPS) is 20.0. The fourth-order valence-electron chi connectivity index (χ4n) is 2.86. The number of nitrogens with zero attached hydrogens (tertiary/aromatic N) is 2. The number of nitrogens with one attached hydrogen (secondary N) is 1. The summed E-state index contributed by atoms with van der Waals surface area (Å²) in [7, 11) is 0. The van der Waals surface area contributed by atoms with Crippen molar-refractivity contribution in [2.45, 2.75) is 50.5 Å². The van der Waals surface area contributed by atoms with Crippen molar-refractivity contribution in [3.8, 4) is 6.07 Å². The van der Waals surface area contributed by atoms with Crippen molar-refractivity contribution in [3.63, 3.8) is 0 Å². The number of pyridine rings is 1. The zero-order chi connectivity index (χ0) is 13.3. The first-order valence-electron chi connectivity index (χ1n) is 7.09. The highest BCUT2D eigenvalue weighted by Crippen LogP contribution is 2.32. The maximum atomic E-state index is 10.1. The summed E-state index contributed by atoms with van der Waals surface area (Å²) in [6.45, 7) is 0.494. The minimum atomic E-state index is -0.593. The van der Waals surface area contributed by atoms with Gasteiger partial charge in [0.2, 0.25) is 0 Å². The van der Waals surface area contributed by atoms with Gasteiger partial charge in [-0.15, -0.1) is 0 Å². The molecule has 0 aromatic carbocycles. The van der Waals surface area contributed by atoms with Gasteiger partial charge in [0, 0.05) is 12.2 Å². The van der Waals surface area contributed by atoms with Crippen LogP contribution in [0.2, 0.25) is 0 Å². The number of aromatic nitrogens is 1. The fraction of sp³-hybridized carbons (Fsp3) is 0.600. The van der Waals surface area contributed by atoms with Gasteiger partial charge in [0.25, 0.3) is 0 Å². The molecular weight excluding hydrogens is 238 g/mol. The zero-order valence-corrected chi connectivity index (χ0v) is 11.1. The molecule has 0 radical (unpaired) electrons. The van der Waals surface area contributed by atoms with Gasteiger partial charge in [0.1, 0.15) is 11.9 Å². The fourth-order valence-corrected chi connectivity index (χ4v) is 2.86. The van der Waals surface area contributed by atoms with E-state index in [1.165, 1.54) is 18.4 Å². The van der Waals surface area contributed by atoms with E-state index in [0.717, 1.165) is 37.8 Å². The number of nitriles is 1. The number of hydrogen-bond donors (Lipinski definition) is 2. The summed E-state index contributed by atoms with van der Waals surface area (Å²) in [6.07, 6.45) is 7.16. The molecule has 19 heavy (non-hydrogen) atoms. The minimum Gasteiger partial charge on any atom is -0.388 e. The highest BCUT2D eigenvalue weighted by molar-refractivity contribution is 5.55. The molecule has 0 amide bonds. The molecule has 0 aliphatic heterocycles. The lowest BCUT2D eigenvalue weighted by molar-refractivity contribution is -0.0202. The van der Waals surface area contributed by atoms with Crippen molar-refractivity contribution in [3.05, 3.63) is 22.9 Å². The second-order valence-corrected chi connectivity index (χ2v) is 5.74. The van der Waals surface area contributed by atoms with Crippen LogP contribution in [-0.4, -0.2) is 22.2 Å². The highest BCUT2D eigenvalue weighted by Gasteiger charge is 2.34. The summed E-state index contributed by atoms with van der Waals surface area (Å²) < 4.78 is 0. The molecule has 0 spiro atoms. The lowest BCUT2D eigenvalue weighted by Crippen LogP contribution is -2.43. The average molecular weight is 257 g/mol. The summed E-state index contributed by atoms with van der Waals surface area (Å²) in [5.41, 5.74) is 2.34. The third-order valence-electron chi connectivity index (χ3n) is 4.29. The Balaban J connectivity index is 1.81. The quantitative estimate of drug-likeness (QED) is 0.870. The van der Waals surface area contributed by atoms with E-state index < -0.39 is 5.60 Å². The number of rotatable bonds is 3. The van der Waals surface area contributed by atoms with Crippen LogP contribution in [0.3, 0.4) is 0 Å². The van der Waals surface area contributed by atoms with Crippen LogP contribution in [0.5, 0.6) is 0 Å². The van der Waals surface area contributed by atoms with Crippen LogP contribution in [0.4, 0.5) is 5.82 Å². The van der Waals surface area contributed by atoms with Gasteiger partial charge in [-0.05, 0) is 56.6 Å². The van der Waals surface area contributed by atoms with E-state index in [4.69, 9.17) is 0 Å². The largest absolute Gasteiger partial charge is 0.388 e. The maximum Gasteiger partial charge on any atom is 0.144 e. The predicted molar refractivity (Wildman–Crippen MR) is 72.9 cm³/mol. The molecule has 1 aromatic rings. The number of anilines is 1. The van der Waals surface area contributed by atoms with Crippen LogP contribution < -0.4 is 5.32 Å². The van der Waals surface area contributed by atoms with Crippen LogP contribution in [0.1, 0.15) is 48.9 Å². The van der Waals surface area contributed by atoms with E-state index in [-0.39, 0.29) is 0 Å². The van der Waals surface area contributed by atoms with Gasteiger partial charge in [-0.25, -0.2) is 4.98 Å². The smallest absolute Gasteiger partial charge is 0.144 e. The van der Waals surface area contributed by atoms with Crippen LogP contribution in [0.25, 0.3) is 0 Å². The van der Waals surface area contributed by atoms with Crippen molar-refractivity contribution in [1.29, 1.82) is 5.26 Å². The number of fused-ring (bicyclic) bond motifs is 1. The molecule has 2 N–H and O–H groups in total. The molecule has 0 unspecified atom stereocenters. The Kier molecular flexibility index (Phi) is 3.16. The Bertz CT molecular complexity index is 529. The Labute approximate surface area is 113 Å². The van der Waals surface area contributed by atoms with Gasteiger partial charge in [-0.3, -0.25) is 0 Å². The van der Waals surface area contributed by atoms with E-state index in [9.17, 15) is 10.4 Å². The molecule has 0 atom stereocenters. The second-order valence-electron chi connectivity index (χ2n) is 5.74. The molecule has 3 rings (SSSR count). The van der Waals surface area contributed by atoms with E-state index >= 15 is 0 Å². The molecule has 100 valence electrons. The van der Waals surface area contributed by atoms with E-state index in [0.29, 0.717) is 17.9 Å². The first kappa shape index (κ1) is 12.4. The molecule has 1 fully saturated rings. The molecule has 4 heteroatoms. The van der Waals surface area contributed by atoms with Gasteiger partial charge in [0.15, 0.2) is 0 Å². The van der Waals surface area contributed by atoms with Gasteiger partial charge in [-0.1, -0.05) is 0 Å². The Hall–Kier alpha value is -1.60. The first-order valence-corrected chi connectivity index (χ1v) is 7.09. The third-order valence-corrected chi connectivity index (χ3v) is 4.29. The van der Waals surface area contributed by atoms with Crippen molar-refractivity contribution in [2.24, 2.45) is 0 Å². The average Bonchev–Trinajstić information content (AvgIpc) is 2.42. The highest BCUT2D eigenvalue weighted by atomic mass is 16.3. The molecule has 1 saturated carbocycles. The van der Waals surface area contributed by atoms with Crippen molar-refractivity contribution in [1.82, 2.24) is 4.98 Å². The van der Waals surface area contributed by atoms with Crippen molar-refractivity contribution < 1.29 is 5.11 Å². The SMILES string of the molecule is N#Cc1cc2c(nc1NCC1(O)CCC1)CCCC2. The van der Waals surface area contributed by atoms with Crippen LogP contribution in [0, 0.1) is 11.3 Å². The van der Waals surface area contributed by atoms with E-state index in [1.807, 2.05) is 6.07 Å². The van der Waals surface area contributed by atoms with Crippen LogP contribution in [0.15, 0.2) is 6.07 Å². The third kappa shape index (κ3) is 2.43. The van der Waals surface area contributed by atoms with E-state index in [2.05, 4.69) is 16.4 Å². The number of aryl methyl sites for hydroxylation is 2. The van der Waals surface area contributed by atoms with Gasteiger partial charge in [-0.2, -0.15) is 5.26 Å². The van der Waals surface area contributed by atoms with Gasteiger partial charge < -0.3 is 10.4 Å². The molecule has 4 nitrogen and oxygen atoms in total. The molecule has 2 aliphatic rings. The first-order chi connectivity index (χ1) is 9.20. The monoisotopic (exact) mass is 257 g/mol. The number of hydrogen-bond acceptors (Lipinski definition) is 4. The summed E-state index contributed by atoms with van der Waals surface area (Å²) in [4.78, 5) is 4.60. The molecule has 1 heterocycles. The maximum absolute atomic E-state index is 10.1. The van der Waals surface area contributed by atoms with Gasteiger partial charge >= 0.3 is 0 Å². The topological polar surface area (TPSA) is 68.9 Å². The predicted octanol–water partition coefficient (Wildman–Crippen LogP) is 2.16. The summed E-state index contributed by atoms with van der Waals surface area (Å²) in [5.74, 6) is 0.642. The standard InChI is InChI=1S/C15H19N3O/c16-9-12-8-11-4-1-2-5-13(11)18-14(12)17-10-15(19)6-3-7-15/h8,19H,1-7,10H2,(H,17,18). The van der Waals surface area contributed by atoms with Crippen molar-refractivity contribution >= 4 is 5.82 Å². The molecule has 0 bridgehead atoms. The molecule has 1 aromatic heterocycles. The molecular formula is C15H19N3O. The number of aliphatic hydroxyl groups is 1. The Morgan fingerprint density at radius 3 is 2.79 bits per heavy atom. The Morgan fingerprint density at radius 2 is 2.11 bits per heavy atom. The zero-order valence-electron chi connectivity index (χ0n) is 11.1.